The summed E-state index contributed by atoms with van der Waals surface area (Å²) < 4.78 is 0. The first kappa shape index (κ1) is 9.27. The minimum atomic E-state index is -0.373. The van der Waals surface area contributed by atoms with Gasteiger partial charge in [-0.15, -0.1) is 0 Å². The fraction of sp³-hybridized carbons (Fsp3) is 1.00. The summed E-state index contributed by atoms with van der Waals surface area (Å²) in [6, 6.07) is 0.499. The van der Waals surface area contributed by atoms with Crippen molar-refractivity contribution in [2.75, 3.05) is 0 Å². The fourth-order valence-electron chi connectivity index (χ4n) is 2.07. The molecule has 0 amide bonds. The molecule has 0 aromatic heterocycles. The van der Waals surface area contributed by atoms with Crippen molar-refractivity contribution in [1.29, 1.82) is 0 Å². The molecule has 0 aromatic rings. The Bertz CT molecular complexity index is 125. The van der Waals surface area contributed by atoms with Crippen molar-refractivity contribution >= 4 is 8.80 Å². The van der Waals surface area contributed by atoms with Gasteiger partial charge in [0.1, 0.15) is 0 Å². The normalized spacial score (nSPS) is 39.5. The Morgan fingerprint density at radius 1 is 1.27 bits per heavy atom. The predicted octanol–water partition coefficient (Wildman–Crippen LogP) is 1.99. The van der Waals surface area contributed by atoms with Gasteiger partial charge in [-0.05, 0) is 24.3 Å². The minimum Gasteiger partial charge on any atom is -0.327 e. The first-order chi connectivity index (χ1) is 5.11. The van der Waals surface area contributed by atoms with Crippen LogP contribution in [0.2, 0.25) is 18.6 Å². The van der Waals surface area contributed by atoms with E-state index in [0.29, 0.717) is 6.04 Å². The molecule has 0 spiro atoms. The van der Waals surface area contributed by atoms with Crippen molar-refractivity contribution in [3.63, 3.8) is 0 Å². The average molecular weight is 171 g/mol. The van der Waals surface area contributed by atoms with Crippen LogP contribution >= 0.6 is 0 Å². The number of rotatable bonds is 1. The van der Waals surface area contributed by atoms with Crippen LogP contribution in [0.4, 0.5) is 0 Å². The summed E-state index contributed by atoms with van der Waals surface area (Å²) in [5.41, 5.74) is 7.03. The lowest BCUT2D eigenvalue weighted by molar-refractivity contribution is 0.328. The summed E-state index contributed by atoms with van der Waals surface area (Å²) >= 11 is 0. The Morgan fingerprint density at radius 2 is 1.91 bits per heavy atom. The number of hydrogen-bond donors (Lipinski definition) is 1. The van der Waals surface area contributed by atoms with Crippen LogP contribution in [-0.4, -0.2) is 14.8 Å². The lowest BCUT2D eigenvalue weighted by Gasteiger charge is -2.33. The molecule has 0 radical (unpaired) electrons. The zero-order valence-corrected chi connectivity index (χ0v) is 9.16. The van der Waals surface area contributed by atoms with Gasteiger partial charge in [-0.3, -0.25) is 0 Å². The molecule has 0 saturated heterocycles. The van der Waals surface area contributed by atoms with E-state index in [1.54, 1.807) is 0 Å². The van der Waals surface area contributed by atoms with Gasteiger partial charge in [-0.25, -0.2) is 0 Å². The van der Waals surface area contributed by atoms with Crippen molar-refractivity contribution in [2.45, 2.75) is 50.9 Å². The first-order valence-corrected chi connectivity index (χ1v) is 7.84. The van der Waals surface area contributed by atoms with Crippen LogP contribution in [0.25, 0.3) is 0 Å². The zero-order valence-electron chi connectivity index (χ0n) is 8.01. The Kier molecular flexibility index (Phi) is 3.13. The van der Waals surface area contributed by atoms with Crippen LogP contribution in [0.5, 0.6) is 0 Å². The molecular weight excluding hydrogens is 150 g/mol. The van der Waals surface area contributed by atoms with E-state index in [0.717, 1.165) is 11.5 Å². The largest absolute Gasteiger partial charge is 0.327 e. The molecule has 2 N–H and O–H groups in total. The summed E-state index contributed by atoms with van der Waals surface area (Å²) in [6.45, 7) is 7.25. The fourth-order valence-corrected chi connectivity index (χ4v) is 3.90. The molecule has 2 heteroatoms. The molecule has 1 saturated carbocycles. The molecule has 1 aliphatic rings. The van der Waals surface area contributed by atoms with Gasteiger partial charge in [0.15, 0.2) is 0 Å². The second-order valence-corrected chi connectivity index (χ2v) is 7.89. The van der Waals surface area contributed by atoms with Crippen LogP contribution in [0.15, 0.2) is 0 Å². The van der Waals surface area contributed by atoms with Crippen molar-refractivity contribution in [3.05, 3.63) is 0 Å². The molecule has 1 aliphatic carbocycles. The summed E-state index contributed by atoms with van der Waals surface area (Å²) in [7, 11) is -0.373. The number of hydrogen-bond acceptors (Lipinski definition) is 1. The van der Waals surface area contributed by atoms with E-state index in [4.69, 9.17) is 5.73 Å². The van der Waals surface area contributed by atoms with E-state index in [1.807, 2.05) is 0 Å². The molecule has 0 aromatic carbocycles. The third-order valence-electron chi connectivity index (χ3n) is 3.22. The van der Waals surface area contributed by atoms with Gasteiger partial charge >= 0.3 is 0 Å². The maximum atomic E-state index is 5.96. The van der Waals surface area contributed by atoms with Gasteiger partial charge in [0.2, 0.25) is 0 Å². The van der Waals surface area contributed by atoms with Gasteiger partial charge in [0.05, 0.1) is 0 Å². The quantitative estimate of drug-likeness (QED) is 0.600. The molecule has 66 valence electrons. The lowest BCUT2D eigenvalue weighted by Crippen LogP contribution is -2.35. The van der Waals surface area contributed by atoms with Gasteiger partial charge in [-0.2, -0.15) is 0 Å². The zero-order chi connectivity index (χ0) is 8.43. The number of nitrogens with two attached hydrogens (primary N) is 1. The van der Waals surface area contributed by atoms with Gasteiger partial charge in [0, 0.05) is 14.8 Å². The van der Waals surface area contributed by atoms with E-state index < -0.39 is 0 Å². The van der Waals surface area contributed by atoms with Crippen molar-refractivity contribution in [2.24, 2.45) is 11.7 Å². The smallest absolute Gasteiger partial charge is 0.0337 e. The maximum absolute atomic E-state index is 5.96. The van der Waals surface area contributed by atoms with Crippen LogP contribution in [0.3, 0.4) is 0 Å². The molecule has 11 heavy (non-hydrogen) atoms. The lowest BCUT2D eigenvalue weighted by atomic mass is 9.86. The Morgan fingerprint density at radius 3 is 2.36 bits per heavy atom. The van der Waals surface area contributed by atoms with Crippen molar-refractivity contribution < 1.29 is 0 Å². The Hall–Kier alpha value is 0.177. The Labute approximate surface area is 72.0 Å². The molecule has 1 nitrogen and oxygen atoms in total. The maximum Gasteiger partial charge on any atom is 0.0337 e. The molecule has 0 aliphatic heterocycles. The minimum absolute atomic E-state index is 0.373. The van der Waals surface area contributed by atoms with Crippen molar-refractivity contribution in [3.8, 4) is 0 Å². The molecule has 3 unspecified atom stereocenters. The molecular formula is C9H21NSi. The second-order valence-electron chi connectivity index (χ2n) is 4.46. The predicted molar refractivity (Wildman–Crippen MR) is 53.6 cm³/mol. The SMILES string of the molecule is CC1CC([SiH](C)C)CCC1N. The van der Waals surface area contributed by atoms with E-state index >= 15 is 0 Å². The third kappa shape index (κ3) is 2.31. The van der Waals surface area contributed by atoms with Crippen molar-refractivity contribution in [1.82, 2.24) is 0 Å². The van der Waals surface area contributed by atoms with Crippen LogP contribution in [-0.2, 0) is 0 Å². The molecule has 0 bridgehead atoms. The van der Waals surface area contributed by atoms with Gasteiger partial charge in [0.25, 0.3) is 0 Å². The van der Waals surface area contributed by atoms with Crippen LogP contribution < -0.4 is 5.73 Å². The summed E-state index contributed by atoms with van der Waals surface area (Å²) in [6.07, 6.45) is 4.09. The average Bonchev–Trinajstić information content (AvgIpc) is 1.94. The highest BCUT2D eigenvalue weighted by atomic mass is 28.3. The van der Waals surface area contributed by atoms with Gasteiger partial charge < -0.3 is 5.73 Å². The summed E-state index contributed by atoms with van der Waals surface area (Å²) in [4.78, 5) is 0. The third-order valence-corrected chi connectivity index (χ3v) is 5.71. The van der Waals surface area contributed by atoms with Crippen LogP contribution in [0.1, 0.15) is 26.2 Å². The standard InChI is InChI=1S/C9H21NSi/c1-7-6-8(11(2)3)4-5-9(7)10/h7-9,11H,4-6,10H2,1-3H3. The highest BCUT2D eigenvalue weighted by Crippen LogP contribution is 2.34. The highest BCUT2D eigenvalue weighted by Gasteiger charge is 2.26. The monoisotopic (exact) mass is 171 g/mol. The first-order valence-electron chi connectivity index (χ1n) is 4.87. The Balaban J connectivity index is 2.40. The van der Waals surface area contributed by atoms with E-state index in [2.05, 4.69) is 20.0 Å². The molecule has 0 heterocycles. The van der Waals surface area contributed by atoms with Gasteiger partial charge in [-0.1, -0.05) is 26.4 Å². The molecule has 1 fully saturated rings. The topological polar surface area (TPSA) is 26.0 Å². The summed E-state index contributed by atoms with van der Waals surface area (Å²) in [5.74, 6) is 0.781. The molecule has 3 atom stereocenters. The van der Waals surface area contributed by atoms with E-state index in [1.165, 1.54) is 19.3 Å². The second kappa shape index (κ2) is 3.72. The highest BCUT2D eigenvalue weighted by molar-refractivity contribution is 6.57. The van der Waals surface area contributed by atoms with E-state index in [-0.39, 0.29) is 8.80 Å². The summed E-state index contributed by atoms with van der Waals surface area (Å²) in [5, 5.41) is 0. The van der Waals surface area contributed by atoms with Crippen LogP contribution in [0, 0.1) is 5.92 Å². The van der Waals surface area contributed by atoms with E-state index in [9.17, 15) is 0 Å². The molecule has 1 rings (SSSR count).